The summed E-state index contributed by atoms with van der Waals surface area (Å²) in [6.07, 6.45) is 0.634. The zero-order chi connectivity index (χ0) is 19.2. The molecule has 7 heteroatoms. The molecular weight excluding hydrogens is 336 g/mol. The minimum absolute atomic E-state index is 0.415. The van der Waals surface area contributed by atoms with Crippen molar-refractivity contribution >= 4 is 17.7 Å². The van der Waals surface area contributed by atoms with Crippen LogP contribution in [0.1, 0.15) is 18.1 Å². The average molecular weight is 358 g/mol. The van der Waals surface area contributed by atoms with Gasteiger partial charge in [0.05, 0.1) is 13.7 Å². The van der Waals surface area contributed by atoms with Crippen LogP contribution in [0.25, 0.3) is 0 Å². The van der Waals surface area contributed by atoms with Crippen molar-refractivity contribution in [3.05, 3.63) is 59.7 Å². The third kappa shape index (κ3) is 5.22. The number of carboxylic acid groups (broad SMARTS) is 1. The van der Waals surface area contributed by atoms with Gasteiger partial charge in [0, 0.05) is 17.7 Å². The number of hydrogen-bond acceptors (Lipinski definition) is 4. The molecule has 2 aromatic carbocycles. The Kier molecular flexibility index (Phi) is 6.19. The van der Waals surface area contributed by atoms with Crippen LogP contribution in [-0.2, 0) is 11.2 Å². The van der Waals surface area contributed by atoms with Crippen LogP contribution in [0.2, 0.25) is 0 Å². The molecule has 0 aliphatic carbocycles. The lowest BCUT2D eigenvalue weighted by Gasteiger charge is -2.18. The Morgan fingerprint density at radius 1 is 1.15 bits per heavy atom. The zero-order valence-corrected chi connectivity index (χ0v) is 14.7. The van der Waals surface area contributed by atoms with E-state index in [9.17, 15) is 14.7 Å². The van der Waals surface area contributed by atoms with Crippen molar-refractivity contribution in [3.63, 3.8) is 0 Å². The van der Waals surface area contributed by atoms with E-state index in [0.717, 1.165) is 18.1 Å². The summed E-state index contributed by atoms with van der Waals surface area (Å²) in [4.78, 5) is 22.8. The quantitative estimate of drug-likeness (QED) is 0.607. The summed E-state index contributed by atoms with van der Waals surface area (Å²) in [5.74, 6) is -0.707. The fourth-order valence-electron chi connectivity index (χ4n) is 2.31. The second kappa shape index (κ2) is 8.35. The molecule has 0 saturated carbocycles. The molecule has 0 aliphatic heterocycles. The summed E-state index contributed by atoms with van der Waals surface area (Å²) < 4.78 is 5.37. The van der Waals surface area contributed by atoms with Crippen molar-refractivity contribution in [1.82, 2.24) is 5.32 Å². The minimum Gasteiger partial charge on any atom is -0.496 e. The maximum Gasteiger partial charge on any atom is 0.337 e. The third-order valence-electron chi connectivity index (χ3n) is 3.83. The smallest absolute Gasteiger partial charge is 0.337 e. The topological polar surface area (TPSA) is 108 Å². The molecule has 0 heterocycles. The molecule has 1 atom stereocenters. The standard InChI is InChI=1S/C19H22N2O5/c1-19(25,17(22)23)12-20-18(24)21-15-8-9-16(26-2)14(11-15)10-13-6-4-3-5-7-13/h3-9,11,25H,10,12H2,1-2H3,(H,22,23)(H2,20,21,24). The summed E-state index contributed by atoms with van der Waals surface area (Å²) in [5.41, 5.74) is 0.499. The van der Waals surface area contributed by atoms with Gasteiger partial charge in [0.25, 0.3) is 0 Å². The van der Waals surface area contributed by atoms with Gasteiger partial charge in [0.15, 0.2) is 5.60 Å². The lowest BCUT2D eigenvalue weighted by Crippen LogP contribution is -2.47. The molecule has 0 fully saturated rings. The summed E-state index contributed by atoms with van der Waals surface area (Å²) >= 11 is 0. The highest BCUT2D eigenvalue weighted by Gasteiger charge is 2.30. The fourth-order valence-corrected chi connectivity index (χ4v) is 2.31. The predicted molar refractivity (Wildman–Crippen MR) is 97.5 cm³/mol. The Labute approximate surface area is 151 Å². The minimum atomic E-state index is -2.03. The Balaban J connectivity index is 2.07. The SMILES string of the molecule is COc1ccc(NC(=O)NCC(C)(O)C(=O)O)cc1Cc1ccccc1. The first-order valence-corrected chi connectivity index (χ1v) is 8.03. The molecule has 0 spiro atoms. The van der Waals surface area contributed by atoms with Gasteiger partial charge in [-0.05, 0) is 30.7 Å². The van der Waals surface area contributed by atoms with Crippen LogP contribution in [0.5, 0.6) is 5.75 Å². The van der Waals surface area contributed by atoms with Crippen molar-refractivity contribution in [3.8, 4) is 5.75 Å². The number of aliphatic carboxylic acids is 1. The van der Waals surface area contributed by atoms with Crippen LogP contribution < -0.4 is 15.4 Å². The lowest BCUT2D eigenvalue weighted by molar-refractivity contribution is -0.155. The van der Waals surface area contributed by atoms with Gasteiger partial charge in [-0.25, -0.2) is 9.59 Å². The molecular formula is C19H22N2O5. The Morgan fingerprint density at radius 2 is 1.85 bits per heavy atom. The van der Waals surface area contributed by atoms with Gasteiger partial charge in [-0.1, -0.05) is 30.3 Å². The Morgan fingerprint density at radius 3 is 2.46 bits per heavy atom. The highest BCUT2D eigenvalue weighted by Crippen LogP contribution is 2.25. The van der Waals surface area contributed by atoms with E-state index in [1.165, 1.54) is 0 Å². The monoisotopic (exact) mass is 358 g/mol. The molecule has 1 unspecified atom stereocenters. The number of anilines is 1. The second-order valence-electron chi connectivity index (χ2n) is 6.08. The van der Waals surface area contributed by atoms with E-state index in [1.807, 2.05) is 30.3 Å². The number of hydrogen-bond donors (Lipinski definition) is 4. The first-order chi connectivity index (χ1) is 12.3. The lowest BCUT2D eigenvalue weighted by atomic mass is 10.0. The van der Waals surface area contributed by atoms with E-state index < -0.39 is 24.1 Å². The molecule has 0 bridgehead atoms. The van der Waals surface area contributed by atoms with Gasteiger partial charge < -0.3 is 25.6 Å². The van der Waals surface area contributed by atoms with E-state index in [4.69, 9.17) is 9.84 Å². The van der Waals surface area contributed by atoms with E-state index >= 15 is 0 Å². The van der Waals surface area contributed by atoms with Crippen molar-refractivity contribution in [2.75, 3.05) is 19.0 Å². The van der Waals surface area contributed by atoms with Crippen LogP contribution in [0, 0.1) is 0 Å². The van der Waals surface area contributed by atoms with Crippen LogP contribution in [-0.4, -0.2) is 41.5 Å². The van der Waals surface area contributed by atoms with E-state index in [2.05, 4.69) is 10.6 Å². The number of benzene rings is 2. The van der Waals surface area contributed by atoms with Gasteiger partial charge in [0.2, 0.25) is 0 Å². The molecule has 0 aromatic heterocycles. The fraction of sp³-hybridized carbons (Fsp3) is 0.263. The van der Waals surface area contributed by atoms with Crippen LogP contribution in [0.4, 0.5) is 10.5 Å². The molecule has 26 heavy (non-hydrogen) atoms. The van der Waals surface area contributed by atoms with Crippen molar-refractivity contribution in [1.29, 1.82) is 0 Å². The van der Waals surface area contributed by atoms with Crippen LogP contribution >= 0.6 is 0 Å². The summed E-state index contributed by atoms with van der Waals surface area (Å²) in [6.45, 7) is 0.697. The van der Waals surface area contributed by atoms with Gasteiger partial charge in [-0.2, -0.15) is 0 Å². The number of carboxylic acids is 1. The number of nitrogens with one attached hydrogen (secondary N) is 2. The first kappa shape index (κ1) is 19.3. The van der Waals surface area contributed by atoms with Crippen molar-refractivity contribution in [2.45, 2.75) is 18.9 Å². The molecule has 0 radical (unpaired) electrons. The summed E-state index contributed by atoms with van der Waals surface area (Å²) in [7, 11) is 1.58. The highest BCUT2D eigenvalue weighted by atomic mass is 16.5. The second-order valence-corrected chi connectivity index (χ2v) is 6.08. The van der Waals surface area contributed by atoms with E-state index in [0.29, 0.717) is 17.9 Å². The maximum absolute atomic E-state index is 11.9. The number of carbonyl (C=O) groups is 2. The molecule has 2 amide bonds. The van der Waals surface area contributed by atoms with E-state index in [-0.39, 0.29) is 0 Å². The predicted octanol–water partition coefficient (Wildman–Crippen LogP) is 2.24. The van der Waals surface area contributed by atoms with Gasteiger partial charge in [-0.3, -0.25) is 0 Å². The number of ether oxygens (including phenoxy) is 1. The van der Waals surface area contributed by atoms with E-state index in [1.54, 1.807) is 25.3 Å². The van der Waals surface area contributed by atoms with Crippen molar-refractivity contribution < 1.29 is 24.5 Å². The normalized spacial score (nSPS) is 12.7. The Hall–Kier alpha value is -3.06. The third-order valence-corrected chi connectivity index (χ3v) is 3.83. The zero-order valence-electron chi connectivity index (χ0n) is 14.7. The summed E-state index contributed by atoms with van der Waals surface area (Å²) in [5, 5.41) is 23.4. The maximum atomic E-state index is 11.9. The molecule has 7 nitrogen and oxygen atoms in total. The molecule has 138 valence electrons. The molecule has 2 rings (SSSR count). The number of aliphatic hydroxyl groups is 1. The van der Waals surface area contributed by atoms with Crippen molar-refractivity contribution in [2.24, 2.45) is 0 Å². The first-order valence-electron chi connectivity index (χ1n) is 8.03. The number of urea groups is 1. The number of amides is 2. The van der Waals surface area contributed by atoms with Gasteiger partial charge >= 0.3 is 12.0 Å². The number of methoxy groups -OCH3 is 1. The Bertz CT molecular complexity index is 775. The van der Waals surface area contributed by atoms with Gasteiger partial charge in [0.1, 0.15) is 5.75 Å². The molecule has 0 aliphatic rings. The number of rotatable bonds is 7. The largest absolute Gasteiger partial charge is 0.496 e. The molecule has 4 N–H and O–H groups in total. The average Bonchev–Trinajstić information content (AvgIpc) is 2.61. The summed E-state index contributed by atoms with van der Waals surface area (Å²) in [6, 6.07) is 14.5. The number of carbonyl (C=O) groups excluding carboxylic acids is 1. The molecule has 2 aromatic rings. The molecule has 0 saturated heterocycles. The van der Waals surface area contributed by atoms with Crippen LogP contribution in [0.3, 0.4) is 0 Å². The van der Waals surface area contributed by atoms with Gasteiger partial charge in [-0.15, -0.1) is 0 Å². The van der Waals surface area contributed by atoms with Crippen LogP contribution in [0.15, 0.2) is 48.5 Å². The highest BCUT2D eigenvalue weighted by molar-refractivity contribution is 5.90.